The van der Waals surface area contributed by atoms with Gasteiger partial charge >= 0.3 is 0 Å². The summed E-state index contributed by atoms with van der Waals surface area (Å²) in [5.41, 5.74) is 0.923. The van der Waals surface area contributed by atoms with Crippen LogP contribution >= 0.6 is 0 Å². The molecule has 0 radical (unpaired) electrons. The first kappa shape index (κ1) is 13.3. The fourth-order valence-corrected chi connectivity index (χ4v) is 1.71. The fourth-order valence-electron chi connectivity index (χ4n) is 1.16. The van der Waals surface area contributed by atoms with E-state index in [-0.39, 0.29) is 5.70 Å². The number of sulfonamides is 1. The molecule has 4 nitrogen and oxygen atoms in total. The first-order valence-corrected chi connectivity index (χ1v) is 6.77. The summed E-state index contributed by atoms with van der Waals surface area (Å²) in [4.78, 5) is 0. The maximum absolute atomic E-state index is 10.9. The average molecular weight is 253 g/mol. The Hall–Kier alpha value is -1.75. The molecule has 0 spiro atoms. The molecule has 1 rings (SSSR count). The van der Waals surface area contributed by atoms with Gasteiger partial charge < -0.3 is 4.42 Å². The van der Waals surface area contributed by atoms with Gasteiger partial charge in [0.25, 0.3) is 0 Å². The Labute approximate surface area is 101 Å². The van der Waals surface area contributed by atoms with Crippen molar-refractivity contribution in [1.82, 2.24) is 4.72 Å². The lowest BCUT2D eigenvalue weighted by Crippen LogP contribution is -2.19. The maximum Gasteiger partial charge on any atom is 0.229 e. The molecule has 0 amide bonds. The van der Waals surface area contributed by atoms with Crippen molar-refractivity contribution >= 4 is 15.6 Å². The van der Waals surface area contributed by atoms with Gasteiger partial charge in [0.15, 0.2) is 0 Å². The third kappa shape index (κ3) is 4.74. The van der Waals surface area contributed by atoms with Gasteiger partial charge in [-0.05, 0) is 31.2 Å². The first-order chi connectivity index (χ1) is 7.78. The summed E-state index contributed by atoms with van der Waals surface area (Å²) in [6, 6.07) is 3.63. The summed E-state index contributed by atoms with van der Waals surface area (Å²) in [5, 5.41) is 0. The summed E-state index contributed by atoms with van der Waals surface area (Å²) in [5.74, 6) is 1.44. The van der Waals surface area contributed by atoms with Crippen molar-refractivity contribution < 1.29 is 12.8 Å². The van der Waals surface area contributed by atoms with Crippen LogP contribution in [0.25, 0.3) is 5.57 Å². The van der Waals surface area contributed by atoms with Gasteiger partial charge in [0.2, 0.25) is 10.0 Å². The summed E-state index contributed by atoms with van der Waals surface area (Å²) >= 11 is 0. The van der Waals surface area contributed by atoms with Crippen LogP contribution in [0.15, 0.2) is 47.6 Å². The second-order valence-electron chi connectivity index (χ2n) is 3.67. The van der Waals surface area contributed by atoms with Crippen LogP contribution in [-0.2, 0) is 10.0 Å². The van der Waals surface area contributed by atoms with Gasteiger partial charge in [0, 0.05) is 11.3 Å². The van der Waals surface area contributed by atoms with Crippen LogP contribution in [0.1, 0.15) is 11.5 Å². The number of hydrogen-bond donors (Lipinski definition) is 1. The lowest BCUT2D eigenvalue weighted by molar-refractivity contribution is 0.522. The molecule has 1 aromatic rings. The van der Waals surface area contributed by atoms with Crippen molar-refractivity contribution in [3.05, 3.63) is 54.7 Å². The molecule has 1 N–H and O–H groups in total. The quantitative estimate of drug-likeness (QED) is 0.818. The van der Waals surface area contributed by atoms with E-state index < -0.39 is 10.0 Å². The van der Waals surface area contributed by atoms with E-state index in [0.717, 1.165) is 12.0 Å². The summed E-state index contributed by atoms with van der Waals surface area (Å²) in [7, 11) is -3.29. The van der Waals surface area contributed by atoms with E-state index in [0.29, 0.717) is 11.3 Å². The van der Waals surface area contributed by atoms with Gasteiger partial charge in [-0.1, -0.05) is 13.2 Å². The highest BCUT2D eigenvalue weighted by Crippen LogP contribution is 2.17. The van der Waals surface area contributed by atoms with E-state index in [1.165, 1.54) is 6.08 Å². The van der Waals surface area contributed by atoms with Crippen LogP contribution in [0.5, 0.6) is 0 Å². The summed E-state index contributed by atoms with van der Waals surface area (Å²) in [6.45, 7) is 9.21. The van der Waals surface area contributed by atoms with Crippen LogP contribution in [0.2, 0.25) is 0 Å². The number of allylic oxidation sites excluding steroid dienone is 3. The molecule has 17 heavy (non-hydrogen) atoms. The fraction of sp³-hybridized carbons (Fsp3) is 0.167. The largest absolute Gasteiger partial charge is 0.461 e. The standard InChI is InChI=1S/C12H15NO3S/c1-9(12-8-7-11(3)16-12)5-6-10(2)13-17(4,14)15/h5-8,13H,1-2H2,3-4H3/b6-5-. The lowest BCUT2D eigenvalue weighted by atomic mass is 10.2. The zero-order valence-corrected chi connectivity index (χ0v) is 10.7. The molecule has 1 aromatic heterocycles. The van der Waals surface area contributed by atoms with Gasteiger partial charge in [0.05, 0.1) is 6.26 Å². The Balaban J connectivity index is 2.66. The second-order valence-corrected chi connectivity index (χ2v) is 5.42. The molecule has 1 heterocycles. The Morgan fingerprint density at radius 1 is 1.35 bits per heavy atom. The van der Waals surface area contributed by atoms with Gasteiger partial charge in [-0.15, -0.1) is 0 Å². The predicted octanol–water partition coefficient (Wildman–Crippen LogP) is 2.22. The zero-order chi connectivity index (χ0) is 13.1. The molecule has 0 fully saturated rings. The second kappa shape index (κ2) is 5.05. The summed E-state index contributed by atoms with van der Waals surface area (Å²) < 4.78 is 29.4. The van der Waals surface area contributed by atoms with Crippen LogP contribution < -0.4 is 4.72 Å². The smallest absolute Gasteiger partial charge is 0.229 e. The zero-order valence-electron chi connectivity index (χ0n) is 9.86. The highest BCUT2D eigenvalue weighted by atomic mass is 32.2. The van der Waals surface area contributed by atoms with Crippen molar-refractivity contribution in [3.63, 3.8) is 0 Å². The molecule has 0 aliphatic heterocycles. The maximum atomic E-state index is 10.9. The van der Waals surface area contributed by atoms with E-state index in [1.54, 1.807) is 12.1 Å². The molecule has 0 aromatic carbocycles. The van der Waals surface area contributed by atoms with Crippen LogP contribution in [-0.4, -0.2) is 14.7 Å². The Morgan fingerprint density at radius 3 is 2.47 bits per heavy atom. The van der Waals surface area contributed by atoms with Crippen molar-refractivity contribution in [3.8, 4) is 0 Å². The van der Waals surface area contributed by atoms with E-state index in [2.05, 4.69) is 17.9 Å². The van der Waals surface area contributed by atoms with E-state index in [9.17, 15) is 8.42 Å². The predicted molar refractivity (Wildman–Crippen MR) is 68.7 cm³/mol. The highest BCUT2D eigenvalue weighted by molar-refractivity contribution is 7.88. The lowest BCUT2D eigenvalue weighted by Gasteiger charge is -2.01. The van der Waals surface area contributed by atoms with Crippen molar-refractivity contribution in [2.45, 2.75) is 6.92 Å². The minimum Gasteiger partial charge on any atom is -0.461 e. The molecule has 5 heteroatoms. The minimum absolute atomic E-state index is 0.275. The third-order valence-corrected chi connectivity index (χ3v) is 2.49. The molecule has 0 unspecified atom stereocenters. The van der Waals surface area contributed by atoms with Gasteiger partial charge in [-0.25, -0.2) is 8.42 Å². The molecule has 0 atom stereocenters. The molecule has 0 saturated heterocycles. The van der Waals surface area contributed by atoms with Gasteiger partial charge in [-0.2, -0.15) is 0 Å². The van der Waals surface area contributed by atoms with Crippen LogP contribution in [0.4, 0.5) is 0 Å². The van der Waals surface area contributed by atoms with Gasteiger partial charge in [-0.3, -0.25) is 4.72 Å². The Morgan fingerprint density at radius 2 is 2.00 bits per heavy atom. The Bertz CT molecular complexity index is 564. The number of rotatable bonds is 5. The number of hydrogen-bond acceptors (Lipinski definition) is 3. The van der Waals surface area contributed by atoms with Crippen molar-refractivity contribution in [2.75, 3.05) is 6.26 Å². The van der Waals surface area contributed by atoms with E-state index in [4.69, 9.17) is 4.42 Å². The molecule has 0 saturated carbocycles. The van der Waals surface area contributed by atoms with Crippen molar-refractivity contribution in [2.24, 2.45) is 0 Å². The molecule has 0 aliphatic rings. The summed E-state index contributed by atoms with van der Waals surface area (Å²) in [6.07, 6.45) is 4.23. The molecular formula is C12H15NO3S. The van der Waals surface area contributed by atoms with Crippen LogP contribution in [0, 0.1) is 6.92 Å². The normalized spacial score (nSPS) is 11.6. The van der Waals surface area contributed by atoms with Gasteiger partial charge in [0.1, 0.15) is 11.5 Å². The Kier molecular flexibility index (Phi) is 3.96. The molecule has 0 bridgehead atoms. The van der Waals surface area contributed by atoms with E-state index in [1.807, 2.05) is 13.0 Å². The number of aryl methyl sites for hydroxylation is 1. The SMILES string of the molecule is C=C(/C=C\C(=C)c1ccc(C)o1)NS(C)(=O)=O. The van der Waals surface area contributed by atoms with E-state index >= 15 is 0 Å². The molecule has 92 valence electrons. The molecular weight excluding hydrogens is 238 g/mol. The third-order valence-electron chi connectivity index (χ3n) is 1.86. The number of nitrogens with one attached hydrogen (secondary N) is 1. The van der Waals surface area contributed by atoms with Crippen LogP contribution in [0.3, 0.4) is 0 Å². The monoisotopic (exact) mass is 253 g/mol. The average Bonchev–Trinajstić information content (AvgIpc) is 2.58. The first-order valence-electron chi connectivity index (χ1n) is 4.88. The topological polar surface area (TPSA) is 59.3 Å². The highest BCUT2D eigenvalue weighted by Gasteiger charge is 2.02. The molecule has 0 aliphatic carbocycles. The number of furan rings is 1. The minimum atomic E-state index is -3.29. The van der Waals surface area contributed by atoms with Crippen molar-refractivity contribution in [1.29, 1.82) is 0 Å².